The topological polar surface area (TPSA) is 105 Å². The summed E-state index contributed by atoms with van der Waals surface area (Å²) >= 11 is 1.50. The average molecular weight is 370 g/mol. The fourth-order valence-corrected chi connectivity index (χ4v) is 4.16. The first-order chi connectivity index (χ1) is 11.4. The van der Waals surface area contributed by atoms with Crippen LogP contribution >= 0.6 is 11.3 Å². The number of amides is 1. The highest BCUT2D eigenvalue weighted by atomic mass is 32.2. The predicted octanol–water partition coefficient (Wildman–Crippen LogP) is 1.09. The Hall–Kier alpha value is -1.78. The molecule has 0 aliphatic carbocycles. The molecule has 1 aliphatic heterocycles. The van der Waals surface area contributed by atoms with E-state index in [0.29, 0.717) is 31.1 Å². The molecule has 2 aromatic heterocycles. The maximum absolute atomic E-state index is 12.3. The second-order valence-electron chi connectivity index (χ2n) is 5.67. The Morgan fingerprint density at radius 3 is 3.08 bits per heavy atom. The number of piperidine rings is 1. The molecule has 10 heteroatoms. The van der Waals surface area contributed by atoms with Crippen LogP contribution in [-0.2, 0) is 21.4 Å². The van der Waals surface area contributed by atoms with Gasteiger partial charge >= 0.3 is 0 Å². The van der Waals surface area contributed by atoms with Crippen molar-refractivity contribution < 1.29 is 17.7 Å². The summed E-state index contributed by atoms with van der Waals surface area (Å²) in [6.45, 7) is 0.817. The summed E-state index contributed by atoms with van der Waals surface area (Å²) in [5.74, 6) is 0.269. The highest BCUT2D eigenvalue weighted by Gasteiger charge is 2.30. The van der Waals surface area contributed by atoms with Crippen LogP contribution < -0.4 is 5.32 Å². The lowest BCUT2D eigenvalue weighted by molar-refractivity contribution is -0.126. The van der Waals surface area contributed by atoms with Crippen LogP contribution in [0.2, 0.25) is 0 Å². The minimum absolute atomic E-state index is 0.132. The molecule has 3 heterocycles. The van der Waals surface area contributed by atoms with E-state index in [-0.39, 0.29) is 24.9 Å². The molecule has 2 aromatic rings. The van der Waals surface area contributed by atoms with Crippen LogP contribution in [0.3, 0.4) is 0 Å². The van der Waals surface area contributed by atoms with Crippen LogP contribution in [0.1, 0.15) is 18.7 Å². The molecule has 8 nitrogen and oxygen atoms in total. The third-order valence-electron chi connectivity index (χ3n) is 3.85. The van der Waals surface area contributed by atoms with Gasteiger partial charge in [-0.15, -0.1) is 11.3 Å². The van der Waals surface area contributed by atoms with E-state index in [9.17, 15) is 13.2 Å². The summed E-state index contributed by atoms with van der Waals surface area (Å²) in [5, 5.41) is 8.55. The van der Waals surface area contributed by atoms with Crippen LogP contribution in [0.4, 0.5) is 0 Å². The van der Waals surface area contributed by atoms with E-state index in [2.05, 4.69) is 15.5 Å². The van der Waals surface area contributed by atoms with Gasteiger partial charge in [-0.05, 0) is 24.3 Å². The van der Waals surface area contributed by atoms with Gasteiger partial charge in [-0.1, -0.05) is 11.2 Å². The Balaban J connectivity index is 1.56. The van der Waals surface area contributed by atoms with Gasteiger partial charge in [0.15, 0.2) is 0 Å². The monoisotopic (exact) mass is 370 g/mol. The second kappa shape index (κ2) is 6.99. The number of carbonyl (C=O) groups is 1. The number of aromatic nitrogens is 2. The molecule has 0 radical (unpaired) electrons. The molecule has 1 saturated heterocycles. The molecule has 130 valence electrons. The summed E-state index contributed by atoms with van der Waals surface area (Å²) in [4.78, 5) is 17.4. The highest BCUT2D eigenvalue weighted by Crippen LogP contribution is 2.21. The maximum atomic E-state index is 12.3. The molecule has 1 atom stereocenters. The van der Waals surface area contributed by atoms with Crippen molar-refractivity contribution in [1.82, 2.24) is 19.8 Å². The van der Waals surface area contributed by atoms with Crippen LogP contribution in [0, 0.1) is 5.92 Å². The van der Waals surface area contributed by atoms with Gasteiger partial charge in [-0.3, -0.25) is 4.79 Å². The first-order valence-electron chi connectivity index (χ1n) is 7.53. The molecule has 1 aliphatic rings. The predicted molar refractivity (Wildman–Crippen MR) is 88.6 cm³/mol. The van der Waals surface area contributed by atoms with Gasteiger partial charge in [-0.25, -0.2) is 12.7 Å². The van der Waals surface area contributed by atoms with Crippen molar-refractivity contribution in [3.63, 3.8) is 0 Å². The number of sulfonamides is 1. The summed E-state index contributed by atoms with van der Waals surface area (Å²) in [6.07, 6.45) is 2.51. The molecule has 0 bridgehead atoms. The number of nitrogens with one attached hydrogen (secondary N) is 1. The lowest BCUT2D eigenvalue weighted by atomic mass is 9.99. The van der Waals surface area contributed by atoms with E-state index in [0.717, 1.165) is 11.1 Å². The molecule has 1 fully saturated rings. The van der Waals surface area contributed by atoms with Crippen molar-refractivity contribution in [1.29, 1.82) is 0 Å². The van der Waals surface area contributed by atoms with Crippen LogP contribution in [0.15, 0.2) is 22.0 Å². The fraction of sp³-hybridized carbons (Fsp3) is 0.500. The van der Waals surface area contributed by atoms with E-state index < -0.39 is 10.0 Å². The molecule has 1 N–H and O–H groups in total. The summed E-state index contributed by atoms with van der Waals surface area (Å²) in [7, 11) is -3.27. The number of hydrogen-bond donors (Lipinski definition) is 1. The fourth-order valence-electron chi connectivity index (χ4n) is 2.60. The quantitative estimate of drug-likeness (QED) is 0.844. The minimum Gasteiger partial charge on any atom is -0.347 e. The van der Waals surface area contributed by atoms with E-state index in [1.165, 1.54) is 15.6 Å². The number of carbonyl (C=O) groups excluding carboxylic acids is 1. The van der Waals surface area contributed by atoms with Crippen LogP contribution in [0.25, 0.3) is 10.7 Å². The van der Waals surface area contributed by atoms with Crippen LogP contribution in [-0.4, -0.2) is 48.1 Å². The SMILES string of the molecule is CS(=O)(=O)N1CCCC(C(=O)NCc2nc(-c3cccs3)no2)C1. The minimum atomic E-state index is -3.27. The van der Waals surface area contributed by atoms with Gasteiger partial charge < -0.3 is 9.84 Å². The Bertz CT molecular complexity index is 801. The highest BCUT2D eigenvalue weighted by molar-refractivity contribution is 7.88. The maximum Gasteiger partial charge on any atom is 0.246 e. The lowest BCUT2D eigenvalue weighted by Gasteiger charge is -2.29. The van der Waals surface area contributed by atoms with Gasteiger partial charge in [0.05, 0.1) is 23.6 Å². The number of nitrogens with zero attached hydrogens (tertiary/aromatic N) is 3. The van der Waals surface area contributed by atoms with Crippen molar-refractivity contribution in [3.05, 3.63) is 23.4 Å². The van der Waals surface area contributed by atoms with Crippen molar-refractivity contribution in [2.45, 2.75) is 19.4 Å². The second-order valence-corrected chi connectivity index (χ2v) is 8.60. The van der Waals surface area contributed by atoms with Gasteiger partial charge in [0.1, 0.15) is 0 Å². The molecule has 0 saturated carbocycles. The number of hydrogen-bond acceptors (Lipinski definition) is 7. The smallest absolute Gasteiger partial charge is 0.246 e. The zero-order valence-electron chi connectivity index (χ0n) is 13.1. The summed E-state index contributed by atoms with van der Waals surface area (Å²) in [6, 6.07) is 3.79. The zero-order valence-corrected chi connectivity index (χ0v) is 14.8. The van der Waals surface area contributed by atoms with Crippen LogP contribution in [0.5, 0.6) is 0 Å². The van der Waals surface area contributed by atoms with Gasteiger partial charge in [-0.2, -0.15) is 4.98 Å². The molecule has 24 heavy (non-hydrogen) atoms. The number of rotatable bonds is 5. The molecule has 0 aromatic carbocycles. The molecule has 0 spiro atoms. The van der Waals surface area contributed by atoms with Gasteiger partial charge in [0.2, 0.25) is 27.6 Å². The van der Waals surface area contributed by atoms with E-state index >= 15 is 0 Å². The molecular formula is C14H18N4O4S2. The van der Waals surface area contributed by atoms with Crippen molar-refractivity contribution in [3.8, 4) is 10.7 Å². The summed E-state index contributed by atoms with van der Waals surface area (Å²) < 4.78 is 29.7. The average Bonchev–Trinajstić information content (AvgIpc) is 3.23. The molecule has 1 amide bonds. The number of thiophene rings is 1. The first kappa shape index (κ1) is 17.1. The van der Waals surface area contributed by atoms with Gasteiger partial charge in [0.25, 0.3) is 0 Å². The summed E-state index contributed by atoms with van der Waals surface area (Å²) in [5.41, 5.74) is 0. The van der Waals surface area contributed by atoms with E-state index in [4.69, 9.17) is 4.52 Å². The zero-order chi connectivity index (χ0) is 17.2. The molecule has 3 rings (SSSR count). The van der Waals surface area contributed by atoms with E-state index in [1.807, 2.05) is 17.5 Å². The van der Waals surface area contributed by atoms with Gasteiger partial charge in [0, 0.05) is 13.1 Å². The molecular weight excluding hydrogens is 352 g/mol. The Morgan fingerprint density at radius 2 is 2.38 bits per heavy atom. The lowest BCUT2D eigenvalue weighted by Crippen LogP contribution is -2.44. The third-order valence-corrected chi connectivity index (χ3v) is 5.98. The molecule has 1 unspecified atom stereocenters. The van der Waals surface area contributed by atoms with Crippen molar-refractivity contribution >= 4 is 27.3 Å². The first-order valence-corrected chi connectivity index (χ1v) is 10.3. The third kappa shape index (κ3) is 4.00. The Morgan fingerprint density at radius 1 is 1.54 bits per heavy atom. The Labute approximate surface area is 143 Å². The largest absolute Gasteiger partial charge is 0.347 e. The van der Waals surface area contributed by atoms with Crippen molar-refractivity contribution in [2.24, 2.45) is 5.92 Å². The van der Waals surface area contributed by atoms with Crippen molar-refractivity contribution in [2.75, 3.05) is 19.3 Å². The normalized spacial score (nSPS) is 19.3. The Kier molecular flexibility index (Phi) is 4.97. The standard InChI is InChI=1S/C14H18N4O4S2/c1-24(20,21)18-6-2-4-10(9-18)14(19)15-8-12-16-13(17-22-12)11-5-3-7-23-11/h3,5,7,10H,2,4,6,8-9H2,1H3,(H,15,19). The van der Waals surface area contributed by atoms with E-state index in [1.54, 1.807) is 0 Å².